The van der Waals surface area contributed by atoms with Crippen LogP contribution in [0.1, 0.15) is 48.9 Å². The number of rotatable bonds is 9. The molecule has 0 spiro atoms. The number of anilines is 1. The maximum Gasteiger partial charge on any atom is 0.332 e. The van der Waals surface area contributed by atoms with Crippen LogP contribution in [0.2, 0.25) is 0 Å². The number of hydrogen-bond acceptors (Lipinski definition) is 7. The van der Waals surface area contributed by atoms with Gasteiger partial charge in [-0.05, 0) is 45.2 Å². The van der Waals surface area contributed by atoms with E-state index in [2.05, 4.69) is 43.5 Å². The van der Waals surface area contributed by atoms with Crippen LogP contribution in [0.15, 0.2) is 47.6 Å². The molecule has 1 fully saturated rings. The molecule has 0 saturated carbocycles. The van der Waals surface area contributed by atoms with Crippen LogP contribution in [-0.2, 0) is 51.8 Å². The minimum Gasteiger partial charge on any atom is -0.464 e. The number of esters is 1. The van der Waals surface area contributed by atoms with Gasteiger partial charge in [-0.1, -0.05) is 17.7 Å². The maximum atomic E-state index is 13.3. The number of benzene rings is 2. The fourth-order valence-corrected chi connectivity index (χ4v) is 4.65. The number of carbonyl (C=O) groups is 2. The molecular formula is C27H33N4O4Y-. The largest absolute Gasteiger partial charge is 0.464 e. The van der Waals surface area contributed by atoms with Crippen LogP contribution in [0.4, 0.5) is 5.69 Å². The molecule has 9 heteroatoms. The number of nitrogens with zero attached hydrogens (tertiary/aromatic N) is 3. The first-order valence-electron chi connectivity index (χ1n) is 12.2. The van der Waals surface area contributed by atoms with Crippen LogP contribution in [0, 0.1) is 19.9 Å². The smallest absolute Gasteiger partial charge is 0.332 e. The second kappa shape index (κ2) is 13.4. The van der Waals surface area contributed by atoms with Gasteiger partial charge in [-0.25, -0.2) is 9.80 Å². The zero-order chi connectivity index (χ0) is 24.8. The summed E-state index contributed by atoms with van der Waals surface area (Å²) in [7, 11) is 0. The summed E-state index contributed by atoms with van der Waals surface area (Å²) in [6, 6.07) is 17.1. The van der Waals surface area contributed by atoms with Gasteiger partial charge < -0.3 is 9.47 Å². The van der Waals surface area contributed by atoms with Crippen molar-refractivity contribution in [1.29, 1.82) is 0 Å². The van der Waals surface area contributed by atoms with Crippen molar-refractivity contribution in [3.05, 3.63) is 65.2 Å². The van der Waals surface area contributed by atoms with Crippen LogP contribution in [0.5, 0.6) is 0 Å². The van der Waals surface area contributed by atoms with Gasteiger partial charge in [0, 0.05) is 45.7 Å². The fraction of sp³-hybridized carbons (Fsp3) is 0.444. The molecular weight excluding hydrogens is 533 g/mol. The van der Waals surface area contributed by atoms with Crippen molar-refractivity contribution in [3.8, 4) is 0 Å². The average Bonchev–Trinajstić information content (AvgIpc) is 3.47. The van der Waals surface area contributed by atoms with Crippen molar-refractivity contribution in [2.45, 2.75) is 52.1 Å². The summed E-state index contributed by atoms with van der Waals surface area (Å²) in [5.74, 6) is -0.584. The minimum atomic E-state index is -0.377. The van der Waals surface area contributed by atoms with Gasteiger partial charge >= 0.3 is 5.97 Å². The molecule has 0 bridgehead atoms. The normalized spacial score (nSPS) is 19.5. The van der Waals surface area contributed by atoms with Gasteiger partial charge in [0.2, 0.25) is 0 Å². The Balaban J connectivity index is 0.00000361. The summed E-state index contributed by atoms with van der Waals surface area (Å²) in [5, 5.41) is 8.65. The van der Waals surface area contributed by atoms with Gasteiger partial charge in [-0.3, -0.25) is 15.2 Å². The van der Waals surface area contributed by atoms with Crippen molar-refractivity contribution in [2.24, 2.45) is 5.10 Å². The molecule has 2 heterocycles. The predicted molar refractivity (Wildman–Crippen MR) is 134 cm³/mol. The van der Waals surface area contributed by atoms with Crippen LogP contribution in [0.3, 0.4) is 0 Å². The molecule has 36 heavy (non-hydrogen) atoms. The number of aryl methyl sites for hydroxylation is 2. The Morgan fingerprint density at radius 2 is 1.97 bits per heavy atom. The minimum absolute atomic E-state index is 0. The molecule has 1 N–H and O–H groups in total. The van der Waals surface area contributed by atoms with Crippen LogP contribution in [0.25, 0.3) is 0 Å². The van der Waals surface area contributed by atoms with Gasteiger partial charge in [0.1, 0.15) is 12.3 Å². The Kier molecular flexibility index (Phi) is 10.6. The average molecular weight is 566 g/mol. The van der Waals surface area contributed by atoms with E-state index in [4.69, 9.17) is 14.6 Å². The summed E-state index contributed by atoms with van der Waals surface area (Å²) in [4.78, 5) is 24.8. The Morgan fingerprint density at radius 3 is 2.69 bits per heavy atom. The second-order valence-corrected chi connectivity index (χ2v) is 8.98. The molecule has 2 aliphatic rings. The van der Waals surface area contributed by atoms with E-state index in [9.17, 15) is 9.59 Å². The predicted octanol–water partition coefficient (Wildman–Crippen LogP) is 3.48. The van der Waals surface area contributed by atoms with Crippen molar-refractivity contribution < 1.29 is 51.8 Å². The summed E-state index contributed by atoms with van der Waals surface area (Å²) < 4.78 is 10.4. The summed E-state index contributed by atoms with van der Waals surface area (Å²) in [5.41, 5.74) is 7.89. The van der Waals surface area contributed by atoms with Gasteiger partial charge in [0.25, 0.3) is 5.91 Å². The van der Waals surface area contributed by atoms with Crippen molar-refractivity contribution >= 4 is 23.3 Å². The summed E-state index contributed by atoms with van der Waals surface area (Å²) in [6.07, 6.45) is 2.33. The molecule has 1 saturated heterocycles. The number of carbonyl (C=O) groups excluding carboxylic acids is 2. The van der Waals surface area contributed by atoms with Crippen molar-refractivity contribution in [1.82, 2.24) is 10.4 Å². The third kappa shape index (κ3) is 7.00. The fourth-order valence-electron chi connectivity index (χ4n) is 4.65. The third-order valence-electron chi connectivity index (χ3n) is 6.36. The molecule has 189 valence electrons. The van der Waals surface area contributed by atoms with Gasteiger partial charge in [0.05, 0.1) is 31.0 Å². The number of hydrogen-bond donors (Lipinski definition) is 1. The molecule has 1 radical (unpaired) electrons. The third-order valence-corrected chi connectivity index (χ3v) is 6.36. The Morgan fingerprint density at radius 1 is 1.19 bits per heavy atom. The molecule has 1 amide bonds. The Hall–Kier alpha value is -2.13. The molecule has 2 aromatic rings. The molecule has 2 unspecified atom stereocenters. The summed E-state index contributed by atoms with van der Waals surface area (Å²) >= 11 is 0. The molecule has 4 rings (SSSR count). The van der Waals surface area contributed by atoms with E-state index >= 15 is 0 Å². The van der Waals surface area contributed by atoms with Gasteiger partial charge in [-0.15, -0.1) is 5.56 Å². The number of nitrogens with one attached hydrogen (secondary N) is 1. The van der Waals surface area contributed by atoms with E-state index < -0.39 is 0 Å². The number of ether oxygens (including phenoxy) is 2. The second-order valence-electron chi connectivity index (χ2n) is 8.98. The number of hydrazone groups is 1. The molecule has 2 aromatic carbocycles. The van der Waals surface area contributed by atoms with E-state index in [-0.39, 0.29) is 63.3 Å². The summed E-state index contributed by atoms with van der Waals surface area (Å²) in [6.45, 7) is 7.22. The number of amides is 1. The molecule has 2 atom stereocenters. The van der Waals surface area contributed by atoms with Crippen LogP contribution in [-0.4, -0.2) is 55.0 Å². The molecule has 2 aliphatic heterocycles. The van der Waals surface area contributed by atoms with Crippen LogP contribution >= 0.6 is 0 Å². The van der Waals surface area contributed by atoms with E-state index in [0.717, 1.165) is 36.2 Å². The molecule has 8 nitrogen and oxygen atoms in total. The first-order valence-corrected chi connectivity index (χ1v) is 12.2. The zero-order valence-corrected chi connectivity index (χ0v) is 24.0. The Labute approximate surface area is 238 Å². The SMILES string of the molecule is CCOC(=O)COCC1CCCN1NC(=O)C1=NN(c2ccc(C)cc2C)C(c2cc[c-]cc2)C1.[Y]. The van der Waals surface area contributed by atoms with E-state index in [0.29, 0.717) is 25.3 Å². The molecule has 0 aromatic heterocycles. The monoisotopic (exact) mass is 566 g/mol. The van der Waals surface area contributed by atoms with Gasteiger partial charge in [-0.2, -0.15) is 35.4 Å². The Bertz CT molecular complexity index is 1080. The van der Waals surface area contributed by atoms with Gasteiger partial charge in [0.15, 0.2) is 0 Å². The first-order chi connectivity index (χ1) is 17.0. The van der Waals surface area contributed by atoms with E-state index in [1.54, 1.807) is 6.92 Å². The maximum absolute atomic E-state index is 13.3. The zero-order valence-electron chi connectivity index (χ0n) is 21.2. The number of hydrazine groups is 1. The quantitative estimate of drug-likeness (QED) is 0.370. The van der Waals surface area contributed by atoms with Crippen LogP contribution < -0.4 is 10.4 Å². The van der Waals surface area contributed by atoms with E-state index in [1.807, 2.05) is 34.3 Å². The molecule has 0 aliphatic carbocycles. The first kappa shape index (κ1) is 28.4. The van der Waals surface area contributed by atoms with E-state index in [1.165, 1.54) is 5.56 Å². The van der Waals surface area contributed by atoms with Crippen molar-refractivity contribution in [2.75, 3.05) is 31.4 Å². The standard InChI is InChI=1S/C27H33N4O4.Y/c1-4-35-26(32)18-34-17-22-11-8-14-30(22)29-27(33)23-16-25(21-9-6-5-7-10-21)31(28-23)24-13-12-19(2)15-20(24)3;/h6-7,9-10,12-13,15,22,25H,4,8,11,14,16-18H2,1-3H3,(H,29,33);/q-1;. The van der Waals surface area contributed by atoms with Crippen molar-refractivity contribution in [3.63, 3.8) is 0 Å². The topological polar surface area (TPSA) is 83.5 Å².